The van der Waals surface area contributed by atoms with Crippen LogP contribution in [0.4, 0.5) is 5.69 Å². The van der Waals surface area contributed by atoms with Gasteiger partial charge in [0.1, 0.15) is 24.0 Å². The van der Waals surface area contributed by atoms with Gasteiger partial charge in [-0.05, 0) is 76.2 Å². The predicted molar refractivity (Wildman–Crippen MR) is 139 cm³/mol. The maximum Gasteiger partial charge on any atom is 0.266 e. The lowest BCUT2D eigenvalue weighted by Gasteiger charge is -2.10. The molecule has 0 saturated heterocycles. The number of hydrogen-bond donors (Lipinski definition) is 1. The summed E-state index contributed by atoms with van der Waals surface area (Å²) in [4.78, 5) is 12.5. The number of benzene rings is 3. The van der Waals surface area contributed by atoms with Gasteiger partial charge in [0.15, 0.2) is 0 Å². The van der Waals surface area contributed by atoms with Crippen LogP contribution in [0.25, 0.3) is 6.08 Å². The minimum Gasteiger partial charge on any atom is -0.488 e. The number of nitriles is 1. The second-order valence-electron chi connectivity index (χ2n) is 6.45. The van der Waals surface area contributed by atoms with Gasteiger partial charge in [-0.15, -0.1) is 0 Å². The monoisotopic (exact) mass is 616 g/mol. The Morgan fingerprint density at radius 3 is 2.50 bits per heavy atom. The number of amides is 1. The summed E-state index contributed by atoms with van der Waals surface area (Å²) in [5.74, 6) is 0.0640. The van der Waals surface area contributed by atoms with Gasteiger partial charge in [-0.25, -0.2) is 0 Å². The van der Waals surface area contributed by atoms with Crippen molar-refractivity contribution in [3.63, 3.8) is 0 Å². The van der Waals surface area contributed by atoms with E-state index >= 15 is 0 Å². The number of nitrogens with one attached hydrogen (secondary N) is 1. The van der Waals surface area contributed by atoms with Crippen LogP contribution in [0.15, 0.2) is 60.2 Å². The zero-order valence-corrected chi connectivity index (χ0v) is 21.3. The Morgan fingerprint density at radius 2 is 1.81 bits per heavy atom. The van der Waals surface area contributed by atoms with E-state index in [2.05, 4.69) is 27.9 Å². The highest BCUT2D eigenvalue weighted by Gasteiger charge is 2.13. The second-order valence-corrected chi connectivity index (χ2v) is 9.21. The van der Waals surface area contributed by atoms with Crippen molar-refractivity contribution < 1.29 is 9.53 Å². The van der Waals surface area contributed by atoms with Crippen molar-refractivity contribution in [2.45, 2.75) is 6.61 Å². The van der Waals surface area contributed by atoms with Crippen molar-refractivity contribution >= 4 is 86.7 Å². The lowest BCUT2D eigenvalue weighted by atomic mass is 10.1. The molecule has 9 heteroatoms. The zero-order chi connectivity index (χ0) is 23.3. The van der Waals surface area contributed by atoms with E-state index in [9.17, 15) is 10.1 Å². The first kappa shape index (κ1) is 24.7. The Bertz CT molecular complexity index is 1260. The van der Waals surface area contributed by atoms with Gasteiger partial charge in [-0.3, -0.25) is 4.79 Å². The average molecular weight is 618 g/mol. The van der Waals surface area contributed by atoms with E-state index in [0.717, 1.165) is 9.13 Å². The molecule has 0 aliphatic rings. The fraction of sp³-hybridized carbons (Fsp3) is 0.0435. The van der Waals surface area contributed by atoms with Crippen LogP contribution >= 0.6 is 69.0 Å². The fourth-order valence-electron chi connectivity index (χ4n) is 2.62. The second kappa shape index (κ2) is 11.3. The van der Waals surface area contributed by atoms with Crippen LogP contribution in [0.1, 0.15) is 11.1 Å². The molecule has 162 valence electrons. The van der Waals surface area contributed by atoms with Crippen molar-refractivity contribution in [2.75, 3.05) is 5.32 Å². The van der Waals surface area contributed by atoms with E-state index in [4.69, 9.17) is 51.1 Å². The molecule has 0 fully saturated rings. The molecular weight excluding hydrogens is 605 g/mol. The van der Waals surface area contributed by atoms with Crippen molar-refractivity contribution in [3.8, 4) is 11.8 Å². The van der Waals surface area contributed by atoms with Gasteiger partial charge >= 0.3 is 0 Å². The summed E-state index contributed by atoms with van der Waals surface area (Å²) in [5.41, 5.74) is 1.79. The predicted octanol–water partition coefficient (Wildman–Crippen LogP) is 8.03. The summed E-state index contributed by atoms with van der Waals surface area (Å²) in [6.07, 6.45) is 1.48. The third kappa shape index (κ3) is 6.31. The Morgan fingerprint density at radius 1 is 1.03 bits per heavy atom. The molecule has 1 N–H and O–H groups in total. The van der Waals surface area contributed by atoms with Crippen molar-refractivity contribution in [2.24, 2.45) is 0 Å². The Labute approximate surface area is 218 Å². The maximum atomic E-state index is 12.5. The van der Waals surface area contributed by atoms with Crippen LogP contribution in [0.3, 0.4) is 0 Å². The van der Waals surface area contributed by atoms with Gasteiger partial charge in [0, 0.05) is 0 Å². The van der Waals surface area contributed by atoms with Gasteiger partial charge in [0.05, 0.1) is 29.3 Å². The first-order chi connectivity index (χ1) is 15.3. The maximum absolute atomic E-state index is 12.5. The first-order valence-electron chi connectivity index (χ1n) is 9.02. The van der Waals surface area contributed by atoms with E-state index in [-0.39, 0.29) is 10.6 Å². The largest absolute Gasteiger partial charge is 0.488 e. The highest BCUT2D eigenvalue weighted by molar-refractivity contribution is 14.1. The smallest absolute Gasteiger partial charge is 0.266 e. The molecule has 3 rings (SSSR count). The Kier molecular flexibility index (Phi) is 8.69. The molecule has 0 aliphatic carbocycles. The number of rotatable bonds is 6. The van der Waals surface area contributed by atoms with Gasteiger partial charge in [-0.1, -0.05) is 64.6 Å². The Balaban J connectivity index is 1.73. The third-order valence-electron chi connectivity index (χ3n) is 4.21. The van der Waals surface area contributed by atoms with Crippen LogP contribution < -0.4 is 10.1 Å². The molecule has 0 radical (unpaired) electrons. The van der Waals surface area contributed by atoms with Gasteiger partial charge < -0.3 is 10.1 Å². The fourth-order valence-corrected chi connectivity index (χ4v) is 3.98. The topological polar surface area (TPSA) is 62.1 Å². The third-order valence-corrected chi connectivity index (χ3v) is 6.61. The first-order valence-corrected chi connectivity index (χ1v) is 11.6. The summed E-state index contributed by atoms with van der Waals surface area (Å²) < 4.78 is 6.67. The molecule has 0 spiro atoms. The molecule has 0 unspecified atom stereocenters. The molecule has 0 aliphatic heterocycles. The molecule has 3 aromatic carbocycles. The van der Waals surface area contributed by atoms with Crippen molar-refractivity contribution in [1.82, 2.24) is 0 Å². The standard InChI is InChI=1S/C23H13Cl4IN2O2/c24-16-6-4-14(9-18(16)26)12-32-21-7-5-13(10-19(21)28)8-15(11-29)23(31)30-20-3-1-2-17(25)22(20)27/h1-10H,12H2,(H,30,31)/b15-8-. The molecule has 0 aromatic heterocycles. The highest BCUT2D eigenvalue weighted by atomic mass is 127. The van der Waals surface area contributed by atoms with E-state index in [0.29, 0.717) is 38.7 Å². The average Bonchev–Trinajstić information content (AvgIpc) is 2.76. The lowest BCUT2D eigenvalue weighted by molar-refractivity contribution is -0.112. The zero-order valence-electron chi connectivity index (χ0n) is 16.1. The number of carbonyl (C=O) groups excluding carboxylic acids is 1. The van der Waals surface area contributed by atoms with Crippen LogP contribution in [0.2, 0.25) is 20.1 Å². The van der Waals surface area contributed by atoms with Crippen LogP contribution in [-0.2, 0) is 11.4 Å². The van der Waals surface area contributed by atoms with Crippen molar-refractivity contribution in [3.05, 3.63) is 95.0 Å². The minimum atomic E-state index is -0.591. The molecule has 0 atom stereocenters. The van der Waals surface area contributed by atoms with Gasteiger partial charge in [0.25, 0.3) is 5.91 Å². The van der Waals surface area contributed by atoms with Crippen LogP contribution in [0, 0.1) is 14.9 Å². The number of nitrogens with zero attached hydrogens (tertiary/aromatic N) is 1. The summed E-state index contributed by atoms with van der Waals surface area (Å²) in [5, 5.41) is 13.5. The Hall–Kier alpha value is -1.95. The van der Waals surface area contributed by atoms with E-state index in [1.807, 2.05) is 18.2 Å². The lowest BCUT2D eigenvalue weighted by Crippen LogP contribution is -2.13. The molecular formula is C23H13Cl4IN2O2. The summed E-state index contributed by atoms with van der Waals surface area (Å²) >= 11 is 26.2. The summed E-state index contributed by atoms with van der Waals surface area (Å²) in [6.45, 7) is 0.314. The minimum absolute atomic E-state index is 0.0821. The van der Waals surface area contributed by atoms with Crippen LogP contribution in [0.5, 0.6) is 5.75 Å². The summed E-state index contributed by atoms with van der Waals surface area (Å²) in [7, 11) is 0. The van der Waals surface area contributed by atoms with Crippen LogP contribution in [-0.4, -0.2) is 5.91 Å². The van der Waals surface area contributed by atoms with Gasteiger partial charge in [-0.2, -0.15) is 5.26 Å². The van der Waals surface area contributed by atoms with Crippen molar-refractivity contribution in [1.29, 1.82) is 5.26 Å². The number of halogens is 5. The van der Waals surface area contributed by atoms with E-state index in [1.165, 1.54) is 6.08 Å². The molecule has 0 heterocycles. The summed E-state index contributed by atoms with van der Waals surface area (Å²) in [6, 6.07) is 17.4. The quantitative estimate of drug-likeness (QED) is 0.173. The van der Waals surface area contributed by atoms with E-state index < -0.39 is 5.91 Å². The number of carbonyl (C=O) groups is 1. The molecule has 32 heavy (non-hydrogen) atoms. The number of ether oxygens (including phenoxy) is 1. The molecule has 4 nitrogen and oxygen atoms in total. The number of anilines is 1. The molecule has 1 amide bonds. The van der Waals surface area contributed by atoms with Gasteiger partial charge in [0.2, 0.25) is 0 Å². The SMILES string of the molecule is N#C/C(=C/c1ccc(OCc2ccc(Cl)c(Cl)c2)c(I)c1)C(=O)Nc1cccc(Cl)c1Cl. The highest BCUT2D eigenvalue weighted by Crippen LogP contribution is 2.30. The number of hydrogen-bond acceptors (Lipinski definition) is 3. The molecule has 0 bridgehead atoms. The normalized spacial score (nSPS) is 11.1. The molecule has 0 saturated carbocycles. The molecule has 3 aromatic rings. The van der Waals surface area contributed by atoms with E-state index in [1.54, 1.807) is 42.5 Å².